The van der Waals surface area contributed by atoms with Crippen molar-refractivity contribution in [2.24, 2.45) is 51.8 Å². The van der Waals surface area contributed by atoms with Crippen molar-refractivity contribution < 1.29 is 10.2 Å². The van der Waals surface area contributed by atoms with E-state index < -0.39 is 0 Å². The molecule has 0 unspecified atom stereocenters. The molecule has 2 nitrogen and oxygen atoms in total. The Morgan fingerprint density at radius 2 is 1.68 bits per heavy atom. The highest BCUT2D eigenvalue weighted by Crippen LogP contribution is 2.72. The Balaban J connectivity index is 1.39. The molecule has 0 aromatic heterocycles. The third-order valence-corrected chi connectivity index (χ3v) is 11.7. The fourth-order valence-electron chi connectivity index (χ4n) is 9.79. The minimum Gasteiger partial charge on any atom is -0.393 e. The molecule has 0 radical (unpaired) electrons. The summed E-state index contributed by atoms with van der Waals surface area (Å²) in [6.45, 7) is 12.1. The lowest BCUT2D eigenvalue weighted by Crippen LogP contribution is -2.57. The summed E-state index contributed by atoms with van der Waals surface area (Å²) >= 11 is 0. The van der Waals surface area contributed by atoms with E-state index in [0.717, 1.165) is 37.0 Å². The van der Waals surface area contributed by atoms with Crippen LogP contribution >= 0.6 is 0 Å². The zero-order valence-electron chi connectivity index (χ0n) is 20.9. The van der Waals surface area contributed by atoms with E-state index >= 15 is 0 Å². The Morgan fingerprint density at radius 1 is 0.935 bits per heavy atom. The van der Waals surface area contributed by atoms with Crippen molar-refractivity contribution in [3.05, 3.63) is 11.6 Å². The first-order chi connectivity index (χ1) is 14.6. The molecule has 0 saturated heterocycles. The maximum absolute atomic E-state index is 11.7. The lowest BCUT2D eigenvalue weighted by molar-refractivity contribution is -0.140. The molecule has 4 saturated carbocycles. The minimum absolute atomic E-state index is 0.103. The fraction of sp³-hybridized carbons (Fsp3) is 0.931. The summed E-state index contributed by atoms with van der Waals surface area (Å²) in [5.41, 5.74) is 2.03. The number of hydrogen-bond donors (Lipinski definition) is 2. The summed E-state index contributed by atoms with van der Waals surface area (Å²) in [5.74, 6) is 4.23. The topological polar surface area (TPSA) is 40.5 Å². The SMILES string of the molecule is CC(C)CCC[C@@H](C)[C@H]1CC[C@H]2[C@@H]3CC=C4C5(CC5)[C@@H](O)CC[C@]4(C)[C@H]3C[C@H](O)[C@]12C. The summed E-state index contributed by atoms with van der Waals surface area (Å²) in [5, 5.41) is 22.5. The van der Waals surface area contributed by atoms with E-state index in [-0.39, 0.29) is 28.5 Å². The molecule has 0 aliphatic heterocycles. The van der Waals surface area contributed by atoms with Crippen molar-refractivity contribution in [2.45, 2.75) is 117 Å². The van der Waals surface area contributed by atoms with Crippen LogP contribution in [-0.2, 0) is 0 Å². The average Bonchev–Trinajstić information content (AvgIpc) is 3.42. The molecule has 1 spiro atoms. The molecule has 2 N–H and O–H groups in total. The van der Waals surface area contributed by atoms with Gasteiger partial charge in [0.05, 0.1) is 12.2 Å². The second-order valence-corrected chi connectivity index (χ2v) is 13.5. The van der Waals surface area contributed by atoms with Gasteiger partial charge < -0.3 is 10.2 Å². The second-order valence-electron chi connectivity index (χ2n) is 13.5. The van der Waals surface area contributed by atoms with Crippen molar-refractivity contribution in [3.8, 4) is 0 Å². The Bertz CT molecular complexity index is 720. The van der Waals surface area contributed by atoms with Gasteiger partial charge in [0.25, 0.3) is 0 Å². The highest BCUT2D eigenvalue weighted by Gasteiger charge is 2.67. The molecule has 0 aromatic carbocycles. The molecule has 176 valence electrons. The molecule has 0 heterocycles. The molecule has 2 heteroatoms. The van der Waals surface area contributed by atoms with Gasteiger partial charge in [-0.2, -0.15) is 0 Å². The maximum atomic E-state index is 11.7. The van der Waals surface area contributed by atoms with Crippen LogP contribution in [0.2, 0.25) is 0 Å². The van der Waals surface area contributed by atoms with Gasteiger partial charge >= 0.3 is 0 Å². The van der Waals surface area contributed by atoms with Crippen molar-refractivity contribution in [3.63, 3.8) is 0 Å². The van der Waals surface area contributed by atoms with E-state index in [0.29, 0.717) is 17.8 Å². The van der Waals surface area contributed by atoms with Gasteiger partial charge in [-0.25, -0.2) is 0 Å². The number of fused-ring (bicyclic) bond motifs is 6. The Hall–Kier alpha value is -0.340. The molecular formula is C29H48O2. The van der Waals surface area contributed by atoms with Gasteiger partial charge in [0.1, 0.15) is 0 Å². The Morgan fingerprint density at radius 3 is 2.35 bits per heavy atom. The van der Waals surface area contributed by atoms with Gasteiger partial charge in [0.2, 0.25) is 0 Å². The molecule has 4 fully saturated rings. The first-order valence-corrected chi connectivity index (χ1v) is 13.7. The Kier molecular flexibility index (Phi) is 5.50. The molecule has 9 atom stereocenters. The van der Waals surface area contributed by atoms with Crippen LogP contribution in [0.1, 0.15) is 105 Å². The van der Waals surface area contributed by atoms with Crippen LogP contribution in [0.15, 0.2) is 11.6 Å². The predicted octanol–water partition coefficient (Wildman–Crippen LogP) is 6.75. The number of allylic oxidation sites excluding steroid dienone is 1. The van der Waals surface area contributed by atoms with Crippen molar-refractivity contribution in [2.75, 3.05) is 0 Å². The molecule has 5 aliphatic rings. The van der Waals surface area contributed by atoms with Crippen LogP contribution < -0.4 is 0 Å². The molecule has 0 amide bonds. The smallest absolute Gasteiger partial charge is 0.0634 e. The normalized spacial score (nSPS) is 48.7. The molecule has 0 bridgehead atoms. The van der Waals surface area contributed by atoms with Crippen LogP contribution in [-0.4, -0.2) is 22.4 Å². The van der Waals surface area contributed by atoms with Crippen LogP contribution in [0.25, 0.3) is 0 Å². The van der Waals surface area contributed by atoms with Gasteiger partial charge in [-0.3, -0.25) is 0 Å². The number of aliphatic hydroxyl groups excluding tert-OH is 2. The van der Waals surface area contributed by atoms with Crippen LogP contribution in [0.3, 0.4) is 0 Å². The maximum Gasteiger partial charge on any atom is 0.0634 e. The third-order valence-electron chi connectivity index (χ3n) is 11.7. The zero-order chi connectivity index (χ0) is 22.2. The molecule has 0 aromatic rings. The molecule has 5 aliphatic carbocycles. The average molecular weight is 429 g/mol. The van der Waals surface area contributed by atoms with Gasteiger partial charge in [0, 0.05) is 5.41 Å². The largest absolute Gasteiger partial charge is 0.393 e. The predicted molar refractivity (Wildman–Crippen MR) is 127 cm³/mol. The van der Waals surface area contributed by atoms with Crippen LogP contribution in [0.5, 0.6) is 0 Å². The van der Waals surface area contributed by atoms with E-state index in [9.17, 15) is 10.2 Å². The first-order valence-electron chi connectivity index (χ1n) is 13.7. The summed E-state index contributed by atoms with van der Waals surface area (Å²) in [6.07, 6.45) is 15.6. The van der Waals surface area contributed by atoms with Crippen LogP contribution in [0.4, 0.5) is 0 Å². The highest BCUT2D eigenvalue weighted by molar-refractivity contribution is 5.37. The standard InChI is InChI=1S/C29H48O2/c1-18(2)7-6-8-19(3)21-10-11-22-20-9-12-24-27(4,14-13-25(30)29(24)15-16-29)23(20)17-26(31)28(21,22)5/h12,18-23,25-26,30-31H,6-11,13-17H2,1-5H3/t19-,20+,21-,22+,23+,25+,26+,27-,28-/m1/s1. The second kappa shape index (κ2) is 7.59. The van der Waals surface area contributed by atoms with Crippen molar-refractivity contribution in [1.82, 2.24) is 0 Å². The number of aliphatic hydroxyl groups is 2. The van der Waals surface area contributed by atoms with Crippen LogP contribution in [0, 0.1) is 51.8 Å². The van der Waals surface area contributed by atoms with E-state index in [1.165, 1.54) is 51.4 Å². The molecule has 5 rings (SSSR count). The van der Waals surface area contributed by atoms with E-state index in [4.69, 9.17) is 0 Å². The van der Waals surface area contributed by atoms with Gasteiger partial charge in [-0.05, 0) is 97.7 Å². The van der Waals surface area contributed by atoms with Crippen molar-refractivity contribution >= 4 is 0 Å². The van der Waals surface area contributed by atoms with E-state index in [2.05, 4.69) is 40.7 Å². The summed E-state index contributed by atoms with van der Waals surface area (Å²) in [4.78, 5) is 0. The fourth-order valence-corrected chi connectivity index (χ4v) is 9.79. The van der Waals surface area contributed by atoms with E-state index in [1.54, 1.807) is 5.57 Å². The van der Waals surface area contributed by atoms with Gasteiger partial charge in [-0.15, -0.1) is 0 Å². The summed E-state index contributed by atoms with van der Waals surface area (Å²) < 4.78 is 0. The minimum atomic E-state index is -0.156. The van der Waals surface area contributed by atoms with Crippen molar-refractivity contribution in [1.29, 1.82) is 0 Å². The van der Waals surface area contributed by atoms with Gasteiger partial charge in [-0.1, -0.05) is 65.5 Å². The summed E-state index contributed by atoms with van der Waals surface area (Å²) in [6, 6.07) is 0. The first kappa shape index (κ1) is 22.5. The lowest BCUT2D eigenvalue weighted by Gasteiger charge is -2.61. The summed E-state index contributed by atoms with van der Waals surface area (Å²) in [7, 11) is 0. The lowest BCUT2D eigenvalue weighted by atomic mass is 9.44. The number of rotatable bonds is 5. The molecular weight excluding hydrogens is 380 g/mol. The quantitative estimate of drug-likeness (QED) is 0.475. The third kappa shape index (κ3) is 3.17. The highest BCUT2D eigenvalue weighted by atomic mass is 16.3. The Labute approximate surface area is 191 Å². The van der Waals surface area contributed by atoms with Gasteiger partial charge in [0.15, 0.2) is 0 Å². The zero-order valence-corrected chi connectivity index (χ0v) is 20.9. The number of hydrogen-bond acceptors (Lipinski definition) is 2. The monoisotopic (exact) mass is 428 g/mol. The van der Waals surface area contributed by atoms with E-state index in [1.807, 2.05) is 0 Å². The molecule has 31 heavy (non-hydrogen) atoms.